The Labute approximate surface area is 167 Å². The molecule has 1 saturated heterocycles. The number of nitrogens with one attached hydrogen (secondary N) is 2. The van der Waals surface area contributed by atoms with Gasteiger partial charge < -0.3 is 14.8 Å². The number of ether oxygens (including phenoxy) is 2. The molecular formula is C19H31N3O5S. The Bertz CT molecular complexity index is 746. The highest BCUT2D eigenvalue weighted by atomic mass is 32.2. The molecule has 28 heavy (non-hydrogen) atoms. The maximum Gasteiger partial charge on any atom is 0.257 e. The number of amides is 1. The first-order valence-electron chi connectivity index (χ1n) is 9.58. The topological polar surface area (TPSA) is 97.0 Å². The Hall–Kier alpha value is -1.68. The summed E-state index contributed by atoms with van der Waals surface area (Å²) in [5, 5.41) is 2.83. The lowest BCUT2D eigenvalue weighted by atomic mass is 10.2. The van der Waals surface area contributed by atoms with Crippen molar-refractivity contribution in [3.63, 3.8) is 0 Å². The fourth-order valence-corrected chi connectivity index (χ4v) is 3.98. The molecule has 1 heterocycles. The predicted octanol–water partition coefficient (Wildman–Crippen LogP) is 0.757. The first kappa shape index (κ1) is 22.6. The largest absolute Gasteiger partial charge is 0.484 e. The van der Waals surface area contributed by atoms with Crippen molar-refractivity contribution in [2.75, 3.05) is 52.5 Å². The van der Waals surface area contributed by atoms with Gasteiger partial charge in [-0.25, -0.2) is 13.1 Å². The Morgan fingerprint density at radius 3 is 2.64 bits per heavy atom. The summed E-state index contributed by atoms with van der Waals surface area (Å²) < 4.78 is 38.0. The maximum absolute atomic E-state index is 12.3. The van der Waals surface area contributed by atoms with E-state index >= 15 is 0 Å². The molecule has 1 fully saturated rings. The van der Waals surface area contributed by atoms with Crippen LogP contribution >= 0.6 is 0 Å². The standard InChI is InChI=1S/C19H31N3O5S/c1-15(2)13-21-28(24,25)17-4-5-18(16(3)12-17)27-14-19(23)20-6-7-22-8-10-26-11-9-22/h4-5,12,15,21H,6-11,13-14H2,1-3H3,(H,20,23). The highest BCUT2D eigenvalue weighted by Crippen LogP contribution is 2.21. The van der Waals surface area contributed by atoms with Crippen molar-refractivity contribution in [1.29, 1.82) is 0 Å². The molecule has 1 aliphatic rings. The fourth-order valence-electron chi connectivity index (χ4n) is 2.68. The Kier molecular flexibility index (Phi) is 8.68. The third kappa shape index (κ3) is 7.38. The number of nitrogens with zero attached hydrogens (tertiary/aromatic N) is 1. The van der Waals surface area contributed by atoms with E-state index in [1.807, 2.05) is 13.8 Å². The molecule has 9 heteroatoms. The SMILES string of the molecule is Cc1cc(S(=O)(=O)NCC(C)C)ccc1OCC(=O)NCCN1CCOCC1. The second-order valence-corrected chi connectivity index (χ2v) is 9.03. The van der Waals surface area contributed by atoms with E-state index in [9.17, 15) is 13.2 Å². The minimum absolute atomic E-state index is 0.109. The summed E-state index contributed by atoms with van der Waals surface area (Å²) in [5.74, 6) is 0.509. The second kappa shape index (κ2) is 10.8. The summed E-state index contributed by atoms with van der Waals surface area (Å²) in [4.78, 5) is 14.4. The van der Waals surface area contributed by atoms with Gasteiger partial charge in [0, 0.05) is 32.7 Å². The van der Waals surface area contributed by atoms with Crippen LogP contribution < -0.4 is 14.8 Å². The number of morpholine rings is 1. The number of hydrogen-bond acceptors (Lipinski definition) is 6. The lowest BCUT2D eigenvalue weighted by molar-refractivity contribution is -0.123. The molecule has 8 nitrogen and oxygen atoms in total. The summed E-state index contributed by atoms with van der Waals surface area (Å²) >= 11 is 0. The van der Waals surface area contributed by atoms with Crippen LogP contribution in [0.25, 0.3) is 0 Å². The molecule has 2 N–H and O–H groups in total. The highest BCUT2D eigenvalue weighted by Gasteiger charge is 2.16. The van der Waals surface area contributed by atoms with E-state index in [0.29, 0.717) is 24.4 Å². The van der Waals surface area contributed by atoms with Gasteiger partial charge in [-0.1, -0.05) is 13.8 Å². The van der Waals surface area contributed by atoms with Gasteiger partial charge in [0.15, 0.2) is 6.61 Å². The molecular weight excluding hydrogens is 382 g/mol. The predicted molar refractivity (Wildman–Crippen MR) is 107 cm³/mol. The third-order valence-electron chi connectivity index (χ3n) is 4.35. The second-order valence-electron chi connectivity index (χ2n) is 7.27. The Balaban J connectivity index is 1.79. The van der Waals surface area contributed by atoms with Crippen molar-refractivity contribution in [1.82, 2.24) is 14.9 Å². The molecule has 1 amide bonds. The molecule has 0 atom stereocenters. The minimum Gasteiger partial charge on any atom is -0.484 e. The van der Waals surface area contributed by atoms with Gasteiger partial charge in [-0.2, -0.15) is 0 Å². The van der Waals surface area contributed by atoms with E-state index in [1.54, 1.807) is 19.1 Å². The van der Waals surface area contributed by atoms with Crippen LogP contribution in [0.3, 0.4) is 0 Å². The fraction of sp³-hybridized carbons (Fsp3) is 0.632. The van der Waals surface area contributed by atoms with Crippen LogP contribution in [0, 0.1) is 12.8 Å². The van der Waals surface area contributed by atoms with Gasteiger partial charge >= 0.3 is 0 Å². The van der Waals surface area contributed by atoms with E-state index in [1.165, 1.54) is 6.07 Å². The quantitative estimate of drug-likeness (QED) is 0.588. The number of sulfonamides is 1. The normalized spacial score (nSPS) is 15.6. The lowest BCUT2D eigenvalue weighted by Gasteiger charge is -2.26. The number of carbonyl (C=O) groups is 1. The molecule has 2 rings (SSSR count). The van der Waals surface area contributed by atoms with Crippen molar-refractivity contribution in [2.45, 2.75) is 25.7 Å². The zero-order valence-electron chi connectivity index (χ0n) is 16.9. The van der Waals surface area contributed by atoms with Crippen LogP contribution in [0.1, 0.15) is 19.4 Å². The average Bonchev–Trinajstić information content (AvgIpc) is 2.66. The van der Waals surface area contributed by atoms with Crippen LogP contribution in [0.15, 0.2) is 23.1 Å². The van der Waals surface area contributed by atoms with Crippen molar-refractivity contribution < 1.29 is 22.7 Å². The van der Waals surface area contributed by atoms with E-state index in [0.717, 1.165) is 32.8 Å². The molecule has 1 aliphatic heterocycles. The molecule has 0 aliphatic carbocycles. The molecule has 0 unspecified atom stereocenters. The van der Waals surface area contributed by atoms with Crippen LogP contribution in [-0.4, -0.2) is 71.8 Å². The minimum atomic E-state index is -3.55. The van der Waals surface area contributed by atoms with Gasteiger partial charge in [-0.3, -0.25) is 9.69 Å². The van der Waals surface area contributed by atoms with Gasteiger partial charge in [0.1, 0.15) is 5.75 Å². The third-order valence-corrected chi connectivity index (χ3v) is 5.77. The first-order valence-corrected chi connectivity index (χ1v) is 11.1. The summed E-state index contributed by atoms with van der Waals surface area (Å²) in [6.45, 7) is 10.5. The van der Waals surface area contributed by atoms with Gasteiger partial charge in [0.2, 0.25) is 10.0 Å². The summed E-state index contributed by atoms with van der Waals surface area (Å²) in [5.41, 5.74) is 0.661. The highest BCUT2D eigenvalue weighted by molar-refractivity contribution is 7.89. The summed E-state index contributed by atoms with van der Waals surface area (Å²) in [6.07, 6.45) is 0. The zero-order valence-corrected chi connectivity index (χ0v) is 17.7. The van der Waals surface area contributed by atoms with E-state index in [4.69, 9.17) is 9.47 Å². The van der Waals surface area contributed by atoms with Gasteiger partial charge in [-0.05, 0) is 36.6 Å². The van der Waals surface area contributed by atoms with Gasteiger partial charge in [-0.15, -0.1) is 0 Å². The molecule has 0 spiro atoms. The van der Waals surface area contributed by atoms with Crippen LogP contribution in [-0.2, 0) is 19.6 Å². The van der Waals surface area contributed by atoms with E-state index in [-0.39, 0.29) is 23.3 Å². The lowest BCUT2D eigenvalue weighted by Crippen LogP contribution is -2.42. The van der Waals surface area contributed by atoms with Crippen molar-refractivity contribution in [3.8, 4) is 5.75 Å². The number of aryl methyl sites for hydroxylation is 1. The van der Waals surface area contributed by atoms with E-state index in [2.05, 4.69) is 14.9 Å². The number of benzene rings is 1. The summed E-state index contributed by atoms with van der Waals surface area (Å²) in [7, 11) is -3.55. The molecule has 158 valence electrons. The van der Waals surface area contributed by atoms with Gasteiger partial charge in [0.05, 0.1) is 18.1 Å². The monoisotopic (exact) mass is 413 g/mol. The summed E-state index contributed by atoms with van der Waals surface area (Å²) in [6, 6.07) is 4.62. The van der Waals surface area contributed by atoms with E-state index < -0.39 is 10.0 Å². The molecule has 0 radical (unpaired) electrons. The van der Waals surface area contributed by atoms with Crippen molar-refractivity contribution in [3.05, 3.63) is 23.8 Å². The molecule has 0 aromatic heterocycles. The van der Waals surface area contributed by atoms with Gasteiger partial charge in [0.25, 0.3) is 5.91 Å². The van der Waals surface area contributed by atoms with Crippen LogP contribution in [0.2, 0.25) is 0 Å². The molecule has 1 aromatic carbocycles. The van der Waals surface area contributed by atoms with Crippen molar-refractivity contribution >= 4 is 15.9 Å². The zero-order chi connectivity index (χ0) is 20.6. The smallest absolute Gasteiger partial charge is 0.257 e. The molecule has 1 aromatic rings. The average molecular weight is 414 g/mol. The van der Waals surface area contributed by atoms with Crippen molar-refractivity contribution in [2.24, 2.45) is 5.92 Å². The van der Waals surface area contributed by atoms with Crippen LogP contribution in [0.4, 0.5) is 0 Å². The number of hydrogen-bond donors (Lipinski definition) is 2. The molecule has 0 saturated carbocycles. The maximum atomic E-state index is 12.3. The Morgan fingerprint density at radius 2 is 2.00 bits per heavy atom. The Morgan fingerprint density at radius 1 is 1.29 bits per heavy atom. The van der Waals surface area contributed by atoms with Crippen LogP contribution in [0.5, 0.6) is 5.75 Å². The number of rotatable bonds is 10. The number of carbonyl (C=O) groups excluding carboxylic acids is 1. The first-order chi connectivity index (χ1) is 13.3. The molecule has 0 bridgehead atoms.